The highest BCUT2D eigenvalue weighted by Crippen LogP contribution is 2.51. The fraction of sp³-hybridized carbons (Fsp3) is 0.611. The molecule has 0 aromatic heterocycles. The number of ether oxygens (including phenoxy) is 2. The molecule has 2 heterocycles. The molecule has 0 radical (unpaired) electrons. The quantitative estimate of drug-likeness (QED) is 0.906. The van der Waals surface area contributed by atoms with E-state index in [4.69, 9.17) is 15.2 Å². The molecular formula is C18H21F3N2O2. The third-order valence-electron chi connectivity index (χ3n) is 5.59. The van der Waals surface area contributed by atoms with E-state index in [1.807, 2.05) is 0 Å². The van der Waals surface area contributed by atoms with Gasteiger partial charge in [0.15, 0.2) is 6.10 Å². The molecule has 7 heteroatoms. The van der Waals surface area contributed by atoms with E-state index in [-0.39, 0.29) is 17.5 Å². The Balaban J connectivity index is 1.84. The number of alkyl halides is 2. The fourth-order valence-corrected chi connectivity index (χ4v) is 4.50. The number of halogens is 3. The molecule has 3 atom stereocenters. The van der Waals surface area contributed by atoms with E-state index in [1.54, 1.807) is 18.2 Å². The fourth-order valence-electron chi connectivity index (χ4n) is 4.50. The lowest BCUT2D eigenvalue weighted by Crippen LogP contribution is -2.56. The highest BCUT2D eigenvalue weighted by atomic mass is 19.3. The summed E-state index contributed by atoms with van der Waals surface area (Å²) in [5.41, 5.74) is 4.73. The number of nitrogens with two attached hydrogens (primary N) is 1. The van der Waals surface area contributed by atoms with Gasteiger partial charge in [0, 0.05) is 5.56 Å². The number of hydrogen-bond acceptors (Lipinski definition) is 4. The molecule has 25 heavy (non-hydrogen) atoms. The van der Waals surface area contributed by atoms with Gasteiger partial charge in [-0.3, -0.25) is 0 Å². The van der Waals surface area contributed by atoms with E-state index in [0.717, 1.165) is 25.7 Å². The molecule has 136 valence electrons. The maximum atomic E-state index is 14.7. The maximum absolute atomic E-state index is 14.7. The second-order valence-corrected chi connectivity index (χ2v) is 7.24. The highest BCUT2D eigenvalue weighted by molar-refractivity contribution is 5.74. The van der Waals surface area contributed by atoms with Crippen molar-refractivity contribution in [3.63, 3.8) is 0 Å². The number of hydrogen-bond donors (Lipinski definition) is 1. The largest absolute Gasteiger partial charge is 0.453 e. The summed E-state index contributed by atoms with van der Waals surface area (Å²) in [6.45, 7) is -0.772. The summed E-state index contributed by atoms with van der Waals surface area (Å²) in [5.74, 6) is -3.40. The number of fused-ring (bicyclic) bond motifs is 1. The lowest BCUT2D eigenvalue weighted by molar-refractivity contribution is -0.0913. The molecule has 1 aromatic rings. The van der Waals surface area contributed by atoms with Crippen LogP contribution in [0, 0.1) is 11.7 Å². The maximum Gasteiger partial charge on any atom is 0.309 e. The Hall–Kier alpha value is -1.76. The Morgan fingerprint density at radius 2 is 1.88 bits per heavy atom. The first-order valence-corrected chi connectivity index (χ1v) is 8.69. The number of amidine groups is 1. The van der Waals surface area contributed by atoms with Gasteiger partial charge in [0.25, 0.3) is 6.02 Å². The van der Waals surface area contributed by atoms with Crippen LogP contribution in [0.1, 0.15) is 37.7 Å². The molecule has 1 aromatic carbocycles. The molecule has 0 amide bonds. The summed E-state index contributed by atoms with van der Waals surface area (Å²) < 4.78 is 53.8. The van der Waals surface area contributed by atoms with E-state index in [9.17, 15) is 13.2 Å². The monoisotopic (exact) mass is 354 g/mol. The van der Waals surface area contributed by atoms with Crippen molar-refractivity contribution in [3.8, 4) is 0 Å². The van der Waals surface area contributed by atoms with Crippen molar-refractivity contribution in [3.05, 3.63) is 35.6 Å². The number of rotatable bonds is 3. The van der Waals surface area contributed by atoms with Gasteiger partial charge in [-0.2, -0.15) is 8.78 Å². The predicted molar refractivity (Wildman–Crippen MR) is 85.8 cm³/mol. The SMILES string of the molecule is NC1=N[C@](CC2CCCC2)(c2ccccc2F)[C@H]2OCC(F)(F)[C@H]2O1. The first-order chi connectivity index (χ1) is 11.9. The van der Waals surface area contributed by atoms with Crippen LogP contribution in [-0.2, 0) is 15.0 Å². The zero-order valence-corrected chi connectivity index (χ0v) is 13.8. The molecule has 4 nitrogen and oxygen atoms in total. The zero-order chi connectivity index (χ0) is 17.7. The van der Waals surface area contributed by atoms with Gasteiger partial charge in [-0.25, -0.2) is 9.38 Å². The van der Waals surface area contributed by atoms with Crippen LogP contribution in [0.4, 0.5) is 13.2 Å². The highest BCUT2D eigenvalue weighted by Gasteiger charge is 2.64. The van der Waals surface area contributed by atoms with Crippen molar-refractivity contribution in [1.29, 1.82) is 0 Å². The van der Waals surface area contributed by atoms with Crippen LogP contribution in [-0.4, -0.2) is 30.8 Å². The number of aliphatic imine (C=N–C) groups is 1. The normalized spacial score (nSPS) is 34.4. The Bertz CT molecular complexity index is 691. The molecule has 2 fully saturated rings. The van der Waals surface area contributed by atoms with Crippen LogP contribution in [0.3, 0.4) is 0 Å². The van der Waals surface area contributed by atoms with E-state index in [1.165, 1.54) is 6.07 Å². The van der Waals surface area contributed by atoms with Crippen molar-refractivity contribution in [1.82, 2.24) is 0 Å². The van der Waals surface area contributed by atoms with Gasteiger partial charge in [-0.15, -0.1) is 0 Å². The van der Waals surface area contributed by atoms with Gasteiger partial charge in [0.05, 0.1) is 0 Å². The summed E-state index contributed by atoms with van der Waals surface area (Å²) in [5, 5.41) is 0. The predicted octanol–water partition coefficient (Wildman–Crippen LogP) is 3.35. The van der Waals surface area contributed by atoms with Gasteiger partial charge in [0.2, 0.25) is 0 Å². The summed E-state index contributed by atoms with van der Waals surface area (Å²) in [4.78, 5) is 4.39. The van der Waals surface area contributed by atoms with E-state index in [0.29, 0.717) is 6.42 Å². The molecular weight excluding hydrogens is 333 g/mol. The third-order valence-corrected chi connectivity index (χ3v) is 5.59. The second kappa shape index (κ2) is 5.90. The molecule has 0 spiro atoms. The van der Waals surface area contributed by atoms with Crippen molar-refractivity contribution in [2.45, 2.75) is 55.8 Å². The average Bonchev–Trinajstić information content (AvgIpc) is 3.16. The molecule has 2 N–H and O–H groups in total. The van der Waals surface area contributed by atoms with E-state index >= 15 is 0 Å². The van der Waals surface area contributed by atoms with Gasteiger partial charge in [-0.05, 0) is 18.4 Å². The minimum absolute atomic E-state index is 0.251. The minimum Gasteiger partial charge on any atom is -0.453 e. The van der Waals surface area contributed by atoms with Crippen molar-refractivity contribution in [2.24, 2.45) is 16.6 Å². The smallest absolute Gasteiger partial charge is 0.309 e. The van der Waals surface area contributed by atoms with Crippen molar-refractivity contribution >= 4 is 6.02 Å². The summed E-state index contributed by atoms with van der Waals surface area (Å²) in [7, 11) is 0. The van der Waals surface area contributed by atoms with E-state index < -0.39 is 36.1 Å². The molecule has 2 aliphatic heterocycles. The lowest BCUT2D eigenvalue weighted by Gasteiger charge is -2.43. The van der Waals surface area contributed by atoms with Gasteiger partial charge < -0.3 is 15.2 Å². The summed E-state index contributed by atoms with van der Waals surface area (Å²) >= 11 is 0. The molecule has 1 saturated carbocycles. The van der Waals surface area contributed by atoms with Gasteiger partial charge in [-0.1, -0.05) is 43.9 Å². The average molecular weight is 354 g/mol. The molecule has 1 saturated heterocycles. The third kappa shape index (κ3) is 2.69. The van der Waals surface area contributed by atoms with Crippen molar-refractivity contribution in [2.75, 3.05) is 6.61 Å². The first-order valence-electron chi connectivity index (χ1n) is 8.69. The molecule has 1 aliphatic carbocycles. The Labute approximate surface area is 144 Å². The first kappa shape index (κ1) is 16.7. The standard InChI is InChI=1S/C18H21F3N2O2/c19-13-8-4-3-7-12(13)17(9-11-5-1-2-6-11)14-15(25-16(22)23-17)18(20,21)10-24-14/h3-4,7-8,11,14-15H,1-2,5-6,9-10H2,(H2,22,23)/t14-,15-,17+/m0/s1. The summed E-state index contributed by atoms with van der Waals surface area (Å²) in [6.07, 6.45) is 1.92. The van der Waals surface area contributed by atoms with Gasteiger partial charge in [0.1, 0.15) is 24.1 Å². The molecule has 3 aliphatic rings. The van der Waals surface area contributed by atoms with Crippen LogP contribution in [0.5, 0.6) is 0 Å². The van der Waals surface area contributed by atoms with E-state index in [2.05, 4.69) is 4.99 Å². The van der Waals surface area contributed by atoms with Gasteiger partial charge >= 0.3 is 5.92 Å². The van der Waals surface area contributed by atoms with Crippen LogP contribution in [0.15, 0.2) is 29.3 Å². The second-order valence-electron chi connectivity index (χ2n) is 7.24. The number of benzene rings is 1. The zero-order valence-electron chi connectivity index (χ0n) is 13.8. The van der Waals surface area contributed by atoms with Crippen LogP contribution >= 0.6 is 0 Å². The van der Waals surface area contributed by atoms with Crippen LogP contribution < -0.4 is 5.73 Å². The minimum atomic E-state index is -3.18. The Kier molecular flexibility index (Phi) is 3.94. The lowest BCUT2D eigenvalue weighted by atomic mass is 9.74. The number of nitrogens with zero attached hydrogens (tertiary/aromatic N) is 1. The van der Waals surface area contributed by atoms with Crippen LogP contribution in [0.25, 0.3) is 0 Å². The molecule has 0 bridgehead atoms. The van der Waals surface area contributed by atoms with Crippen molar-refractivity contribution < 1.29 is 22.6 Å². The Morgan fingerprint density at radius 3 is 2.60 bits per heavy atom. The topological polar surface area (TPSA) is 56.8 Å². The Morgan fingerprint density at radius 1 is 1.16 bits per heavy atom. The molecule has 0 unspecified atom stereocenters. The summed E-state index contributed by atoms with van der Waals surface area (Å²) in [6, 6.07) is 5.82. The molecule has 4 rings (SSSR count). The van der Waals surface area contributed by atoms with Crippen LogP contribution in [0.2, 0.25) is 0 Å².